The lowest BCUT2D eigenvalue weighted by atomic mass is 10.3. The molecule has 0 spiro atoms. The molecular weight excluding hydrogens is 250 g/mol. The van der Waals surface area contributed by atoms with Gasteiger partial charge in [0.15, 0.2) is 0 Å². The fourth-order valence-electron chi connectivity index (χ4n) is 1.41. The minimum atomic E-state index is -0.171. The quantitative estimate of drug-likeness (QED) is 0.816. The maximum absolute atomic E-state index is 12.2. The van der Waals surface area contributed by atoms with Crippen LogP contribution in [0, 0.1) is 11.8 Å². The predicted molar refractivity (Wildman–Crippen MR) is 71.7 cm³/mol. The molecule has 5 heteroatoms. The van der Waals surface area contributed by atoms with Crippen molar-refractivity contribution < 1.29 is 14.6 Å². The van der Waals surface area contributed by atoms with Crippen LogP contribution in [0.3, 0.4) is 0 Å². The molecule has 0 unspecified atom stereocenters. The van der Waals surface area contributed by atoms with Gasteiger partial charge in [-0.3, -0.25) is 4.79 Å². The van der Waals surface area contributed by atoms with E-state index in [1.54, 1.807) is 24.1 Å². The second-order valence-electron chi connectivity index (χ2n) is 3.50. The Hall–Kier alpha value is -1.35. The molecular formula is C13H17NO3S. The van der Waals surface area contributed by atoms with Gasteiger partial charge in [-0.25, -0.2) is 0 Å². The number of methoxy groups -OCH3 is 1. The maximum Gasteiger partial charge on any atom is 0.264 e. The molecule has 0 bridgehead atoms. The second-order valence-corrected chi connectivity index (χ2v) is 4.59. The Kier molecular flexibility index (Phi) is 6.44. The number of ether oxygens (including phenoxy) is 1. The van der Waals surface area contributed by atoms with E-state index in [4.69, 9.17) is 9.84 Å². The first-order chi connectivity index (χ1) is 8.72. The highest BCUT2D eigenvalue weighted by Crippen LogP contribution is 2.17. The Balaban J connectivity index is 2.72. The summed E-state index contributed by atoms with van der Waals surface area (Å²) in [7, 11) is 1.62. The Bertz CT molecular complexity index is 445. The summed E-state index contributed by atoms with van der Waals surface area (Å²) in [5.41, 5.74) is 0. The molecule has 1 aromatic heterocycles. The van der Waals surface area contributed by atoms with Gasteiger partial charge in [-0.2, -0.15) is 0 Å². The molecule has 1 N–H and O–H groups in total. The van der Waals surface area contributed by atoms with Crippen molar-refractivity contribution >= 4 is 17.2 Å². The summed E-state index contributed by atoms with van der Waals surface area (Å²) in [4.78, 5) is 15.3. The zero-order valence-electron chi connectivity index (χ0n) is 10.6. The van der Waals surface area contributed by atoms with Crippen LogP contribution in [0.15, 0.2) is 12.1 Å². The predicted octanol–water partition coefficient (Wildman–Crippen LogP) is 1.20. The molecule has 0 saturated carbocycles. The van der Waals surface area contributed by atoms with Crippen molar-refractivity contribution in [1.29, 1.82) is 0 Å². The lowest BCUT2D eigenvalue weighted by Crippen LogP contribution is -2.33. The number of carbonyl (C=O) groups excluding carboxylic acids is 1. The van der Waals surface area contributed by atoms with E-state index in [2.05, 4.69) is 11.8 Å². The number of likely N-dealkylation sites (N-methyl/N-ethyl adjacent to an activating group) is 1. The molecule has 1 amide bonds. The summed E-state index contributed by atoms with van der Waals surface area (Å²) < 4.78 is 4.98. The number of aliphatic hydroxyl groups excluding tert-OH is 1. The molecule has 0 aliphatic rings. The van der Waals surface area contributed by atoms with Crippen molar-refractivity contribution in [3.8, 4) is 11.8 Å². The number of thiophene rings is 1. The Labute approximate surface area is 111 Å². The van der Waals surface area contributed by atoms with Gasteiger partial charge in [0, 0.05) is 20.2 Å². The van der Waals surface area contributed by atoms with Crippen LogP contribution in [-0.4, -0.2) is 49.3 Å². The van der Waals surface area contributed by atoms with Crippen molar-refractivity contribution in [2.75, 3.05) is 33.4 Å². The van der Waals surface area contributed by atoms with Gasteiger partial charge in [0.1, 0.15) is 6.61 Å². The van der Waals surface area contributed by atoms with Gasteiger partial charge in [0.25, 0.3) is 5.91 Å². The smallest absolute Gasteiger partial charge is 0.264 e. The molecule has 1 aromatic rings. The summed E-state index contributed by atoms with van der Waals surface area (Å²) in [6, 6.07) is 3.56. The highest BCUT2D eigenvalue weighted by Gasteiger charge is 2.15. The summed E-state index contributed by atoms with van der Waals surface area (Å²) in [6.07, 6.45) is 0. The van der Waals surface area contributed by atoms with Crippen molar-refractivity contribution in [2.45, 2.75) is 6.92 Å². The minimum Gasteiger partial charge on any atom is -0.384 e. The van der Waals surface area contributed by atoms with Gasteiger partial charge in [-0.15, -0.1) is 11.3 Å². The van der Waals surface area contributed by atoms with Crippen molar-refractivity contribution in [3.05, 3.63) is 21.9 Å². The first-order valence-corrected chi connectivity index (χ1v) is 6.52. The van der Waals surface area contributed by atoms with Gasteiger partial charge >= 0.3 is 0 Å². The molecule has 0 radical (unpaired) electrons. The molecule has 4 nitrogen and oxygen atoms in total. The Morgan fingerprint density at radius 2 is 2.33 bits per heavy atom. The highest BCUT2D eigenvalue weighted by molar-refractivity contribution is 7.14. The van der Waals surface area contributed by atoms with E-state index in [1.165, 1.54) is 11.3 Å². The van der Waals surface area contributed by atoms with Crippen LogP contribution in [0.25, 0.3) is 0 Å². The molecule has 0 aliphatic carbocycles. The number of hydrogen-bond donors (Lipinski definition) is 1. The zero-order valence-corrected chi connectivity index (χ0v) is 11.4. The minimum absolute atomic E-state index is 0.00315. The monoisotopic (exact) mass is 267 g/mol. The topological polar surface area (TPSA) is 49.8 Å². The standard InChI is InChI=1S/C13H17NO3S/c1-3-14(8-10-17-2)13(16)12-7-6-11(18-12)5-4-9-15/h6-7,15H,3,8-10H2,1-2H3. The summed E-state index contributed by atoms with van der Waals surface area (Å²) in [6.45, 7) is 3.53. The highest BCUT2D eigenvalue weighted by atomic mass is 32.1. The van der Waals surface area contributed by atoms with Gasteiger partial charge in [0.2, 0.25) is 0 Å². The van der Waals surface area contributed by atoms with Gasteiger partial charge in [-0.05, 0) is 19.1 Å². The molecule has 1 heterocycles. The van der Waals surface area contributed by atoms with Crippen LogP contribution >= 0.6 is 11.3 Å². The SMILES string of the molecule is CCN(CCOC)C(=O)c1ccc(C#CCO)s1. The second kappa shape index (κ2) is 7.88. The third-order valence-corrected chi connectivity index (χ3v) is 3.33. The summed E-state index contributed by atoms with van der Waals surface area (Å²) in [5.74, 6) is 5.36. The lowest BCUT2D eigenvalue weighted by molar-refractivity contribution is 0.0711. The van der Waals surface area contributed by atoms with E-state index in [0.717, 1.165) is 4.88 Å². The van der Waals surface area contributed by atoms with Gasteiger partial charge in [0.05, 0.1) is 16.4 Å². The number of aliphatic hydroxyl groups is 1. The van der Waals surface area contributed by atoms with Crippen molar-refractivity contribution in [1.82, 2.24) is 4.90 Å². The zero-order chi connectivity index (χ0) is 13.4. The van der Waals surface area contributed by atoms with E-state index in [0.29, 0.717) is 24.6 Å². The molecule has 0 saturated heterocycles. The maximum atomic E-state index is 12.2. The van der Waals surface area contributed by atoms with Crippen molar-refractivity contribution in [3.63, 3.8) is 0 Å². The number of nitrogens with zero attached hydrogens (tertiary/aromatic N) is 1. The molecule has 98 valence electrons. The average molecular weight is 267 g/mol. The third kappa shape index (κ3) is 4.15. The molecule has 1 rings (SSSR count). The summed E-state index contributed by atoms with van der Waals surface area (Å²) >= 11 is 1.34. The van der Waals surface area contributed by atoms with Crippen LogP contribution in [0.4, 0.5) is 0 Å². The number of hydrogen-bond acceptors (Lipinski definition) is 4. The third-order valence-electron chi connectivity index (χ3n) is 2.34. The van der Waals surface area contributed by atoms with Gasteiger partial charge < -0.3 is 14.7 Å². The molecule has 0 aromatic carbocycles. The number of rotatable bonds is 5. The van der Waals surface area contributed by atoms with E-state index in [-0.39, 0.29) is 12.5 Å². The first-order valence-electron chi connectivity index (χ1n) is 5.70. The Morgan fingerprint density at radius 3 is 2.94 bits per heavy atom. The van der Waals surface area contributed by atoms with Crippen LogP contribution in [-0.2, 0) is 4.74 Å². The molecule has 0 atom stereocenters. The molecule has 0 aliphatic heterocycles. The fourth-order valence-corrected chi connectivity index (χ4v) is 2.26. The normalized spacial score (nSPS) is 9.72. The van der Waals surface area contributed by atoms with Crippen LogP contribution < -0.4 is 0 Å². The largest absolute Gasteiger partial charge is 0.384 e. The molecule has 0 fully saturated rings. The van der Waals surface area contributed by atoms with E-state index >= 15 is 0 Å². The van der Waals surface area contributed by atoms with Crippen LogP contribution in [0.5, 0.6) is 0 Å². The lowest BCUT2D eigenvalue weighted by Gasteiger charge is -2.19. The fraction of sp³-hybridized carbons (Fsp3) is 0.462. The van der Waals surface area contributed by atoms with Gasteiger partial charge in [-0.1, -0.05) is 11.8 Å². The Morgan fingerprint density at radius 1 is 1.56 bits per heavy atom. The number of carbonyl (C=O) groups is 1. The van der Waals surface area contributed by atoms with E-state index in [9.17, 15) is 4.79 Å². The van der Waals surface area contributed by atoms with E-state index < -0.39 is 0 Å². The van der Waals surface area contributed by atoms with Crippen LogP contribution in [0.2, 0.25) is 0 Å². The first kappa shape index (κ1) is 14.7. The number of amides is 1. The average Bonchev–Trinajstić information content (AvgIpc) is 2.85. The van der Waals surface area contributed by atoms with Crippen LogP contribution in [0.1, 0.15) is 21.5 Å². The summed E-state index contributed by atoms with van der Waals surface area (Å²) in [5, 5.41) is 8.61. The van der Waals surface area contributed by atoms with E-state index in [1.807, 2.05) is 6.92 Å². The molecule has 18 heavy (non-hydrogen) atoms. The van der Waals surface area contributed by atoms with Crippen molar-refractivity contribution in [2.24, 2.45) is 0 Å².